The van der Waals surface area contributed by atoms with Crippen LogP contribution in [0, 0.1) is 0 Å². The molecule has 0 aromatic heterocycles. The number of aliphatic hydroxyl groups is 6. The fourth-order valence-electron chi connectivity index (χ4n) is 6.25. The van der Waals surface area contributed by atoms with Crippen molar-refractivity contribution in [2.24, 2.45) is 0 Å². The third-order valence-corrected chi connectivity index (χ3v) is 10.6. The molecular weight excluding hydrogens is 665 g/mol. The molecule has 0 saturated heterocycles. The van der Waals surface area contributed by atoms with E-state index in [0.29, 0.717) is 6.42 Å². The Kier molecular flexibility index (Phi) is 26.9. The molecule has 0 aromatic carbocycles. The highest BCUT2D eigenvalue weighted by atomic mass is 31.2. The zero-order valence-electron chi connectivity index (χ0n) is 31.0. The van der Waals surface area contributed by atoms with Gasteiger partial charge in [-0.1, -0.05) is 148 Å². The molecule has 1 amide bonds. The van der Waals surface area contributed by atoms with Gasteiger partial charge in [0.05, 0.1) is 18.8 Å². The monoisotopic (exact) mass is 737 g/mol. The maximum absolute atomic E-state index is 12.8. The molecule has 9 atom stereocenters. The molecule has 1 aliphatic carbocycles. The number of allylic oxidation sites excluding steroid dienone is 1. The minimum atomic E-state index is -5.06. The van der Waals surface area contributed by atoms with Crippen molar-refractivity contribution in [3.05, 3.63) is 12.2 Å². The van der Waals surface area contributed by atoms with Crippen LogP contribution in [0.15, 0.2) is 12.2 Å². The second kappa shape index (κ2) is 28.6. The average Bonchev–Trinajstić information content (AvgIpc) is 3.09. The minimum Gasteiger partial charge on any atom is -0.387 e. The lowest BCUT2D eigenvalue weighted by atomic mass is 9.85. The lowest BCUT2D eigenvalue weighted by Gasteiger charge is -2.41. The summed E-state index contributed by atoms with van der Waals surface area (Å²) >= 11 is 0. The largest absolute Gasteiger partial charge is 0.472 e. The highest BCUT2D eigenvalue weighted by Crippen LogP contribution is 2.47. The van der Waals surface area contributed by atoms with Crippen molar-refractivity contribution in [2.75, 3.05) is 6.61 Å². The molecule has 6 unspecified atom stereocenters. The molecule has 0 spiro atoms. The van der Waals surface area contributed by atoms with E-state index in [1.165, 1.54) is 96.0 Å². The van der Waals surface area contributed by atoms with Gasteiger partial charge >= 0.3 is 7.82 Å². The summed E-state index contributed by atoms with van der Waals surface area (Å²) in [5.74, 6) is -0.343. The molecule has 0 aromatic rings. The number of phosphoric acid groups is 1. The number of hydrogen-bond acceptors (Lipinski definition) is 10. The van der Waals surface area contributed by atoms with E-state index in [1.54, 1.807) is 0 Å². The molecule has 8 N–H and O–H groups in total. The van der Waals surface area contributed by atoms with Crippen LogP contribution in [0.2, 0.25) is 0 Å². The van der Waals surface area contributed by atoms with Gasteiger partial charge in [-0.2, -0.15) is 0 Å². The van der Waals surface area contributed by atoms with Crippen LogP contribution < -0.4 is 5.32 Å². The SMILES string of the molecule is CCCCCCCCCC/C=C/[C@@H](O)[C@H](COP(=O)(O)OC1C(O)C(O)C(O)[C@@H](O)C1O)NC(=O)CCCCCCCCCCCCCCC. The van der Waals surface area contributed by atoms with Crippen LogP contribution in [0.25, 0.3) is 0 Å². The van der Waals surface area contributed by atoms with Gasteiger partial charge in [-0.05, 0) is 19.3 Å². The van der Waals surface area contributed by atoms with Crippen LogP contribution in [0.3, 0.4) is 0 Å². The standard InChI is InChI=1S/C37H72NO11P/c1-3-5-7-9-11-13-15-16-17-19-21-23-25-27-31(40)38-29(30(39)26-24-22-20-18-14-12-10-8-6-4-2)28-48-50(46,47)49-37-35(44)33(42)32(41)34(43)36(37)45/h24,26,29-30,32-37,39,41-45H,3-23,25,27-28H2,1-2H3,(H,38,40)(H,46,47)/b26-24+/t29-,30+,32?,33+,34?,35?,36?,37?/m0/s1. The molecule has 0 radical (unpaired) electrons. The first-order valence-corrected chi connectivity index (χ1v) is 21.1. The summed E-state index contributed by atoms with van der Waals surface area (Å²) in [4.78, 5) is 23.2. The molecular formula is C37H72NO11P. The maximum atomic E-state index is 12.8. The Labute approximate surface area is 301 Å². The van der Waals surface area contributed by atoms with Gasteiger partial charge in [-0.15, -0.1) is 0 Å². The van der Waals surface area contributed by atoms with E-state index in [1.807, 2.05) is 6.08 Å². The Bertz CT molecular complexity index is 910. The second-order valence-corrected chi connectivity index (χ2v) is 15.5. The summed E-state index contributed by atoms with van der Waals surface area (Å²) < 4.78 is 22.7. The lowest BCUT2D eigenvalue weighted by Crippen LogP contribution is -2.64. The van der Waals surface area contributed by atoms with Crippen LogP contribution >= 0.6 is 7.82 Å². The summed E-state index contributed by atoms with van der Waals surface area (Å²) in [6.45, 7) is 3.78. The molecule has 13 heteroatoms. The molecule has 296 valence electrons. The van der Waals surface area contributed by atoms with Crippen molar-refractivity contribution in [2.45, 2.75) is 210 Å². The maximum Gasteiger partial charge on any atom is 0.472 e. The normalized spacial score (nSPS) is 25.1. The zero-order chi connectivity index (χ0) is 37.2. The van der Waals surface area contributed by atoms with Gasteiger partial charge in [-0.25, -0.2) is 4.57 Å². The van der Waals surface area contributed by atoms with Crippen molar-refractivity contribution in [1.82, 2.24) is 5.32 Å². The molecule has 12 nitrogen and oxygen atoms in total. The van der Waals surface area contributed by atoms with Crippen molar-refractivity contribution in [1.29, 1.82) is 0 Å². The van der Waals surface area contributed by atoms with E-state index < -0.39 is 63.2 Å². The number of carbonyl (C=O) groups excluding carboxylic acids is 1. The first-order valence-electron chi connectivity index (χ1n) is 19.6. The minimum absolute atomic E-state index is 0.217. The first kappa shape index (κ1) is 47.1. The van der Waals surface area contributed by atoms with E-state index in [9.17, 15) is 44.9 Å². The number of nitrogens with one attached hydrogen (secondary N) is 1. The van der Waals surface area contributed by atoms with Gasteiger partial charge in [-0.3, -0.25) is 13.8 Å². The van der Waals surface area contributed by atoms with Crippen LogP contribution in [0.4, 0.5) is 0 Å². The van der Waals surface area contributed by atoms with E-state index in [4.69, 9.17) is 9.05 Å². The van der Waals surface area contributed by atoms with Crippen molar-refractivity contribution in [3.8, 4) is 0 Å². The number of phosphoric ester groups is 1. The van der Waals surface area contributed by atoms with Gasteiger partial charge < -0.3 is 40.8 Å². The molecule has 0 aliphatic heterocycles. The van der Waals surface area contributed by atoms with Crippen LogP contribution in [0.1, 0.15) is 162 Å². The molecule has 1 saturated carbocycles. The first-order chi connectivity index (χ1) is 23.9. The van der Waals surface area contributed by atoms with Gasteiger partial charge in [0.15, 0.2) is 0 Å². The highest BCUT2D eigenvalue weighted by Gasteiger charge is 2.51. The third-order valence-electron chi connectivity index (χ3n) is 9.57. The molecule has 50 heavy (non-hydrogen) atoms. The summed E-state index contributed by atoms with van der Waals surface area (Å²) in [6, 6.07) is -1.11. The predicted octanol–water partition coefficient (Wildman–Crippen LogP) is 5.72. The number of unbranched alkanes of at least 4 members (excludes halogenated alkanes) is 20. The number of carbonyl (C=O) groups is 1. The lowest BCUT2D eigenvalue weighted by molar-refractivity contribution is -0.220. The predicted molar refractivity (Wildman–Crippen MR) is 195 cm³/mol. The Balaban J connectivity index is 2.59. The van der Waals surface area contributed by atoms with Gasteiger partial charge in [0.25, 0.3) is 0 Å². The van der Waals surface area contributed by atoms with Crippen LogP contribution in [-0.4, -0.2) is 96.8 Å². The highest BCUT2D eigenvalue weighted by molar-refractivity contribution is 7.47. The topological polar surface area (TPSA) is 206 Å². The third kappa shape index (κ3) is 20.9. The fourth-order valence-corrected chi connectivity index (χ4v) is 7.22. The van der Waals surface area contributed by atoms with E-state index >= 15 is 0 Å². The smallest absolute Gasteiger partial charge is 0.387 e. The number of amides is 1. The average molecular weight is 738 g/mol. The number of hydrogen-bond donors (Lipinski definition) is 8. The van der Waals surface area contributed by atoms with Gasteiger partial charge in [0.2, 0.25) is 5.91 Å². The molecule has 1 aliphatic rings. The zero-order valence-corrected chi connectivity index (χ0v) is 31.8. The van der Waals surface area contributed by atoms with Crippen molar-refractivity contribution in [3.63, 3.8) is 0 Å². The Morgan fingerprint density at radius 1 is 0.660 bits per heavy atom. The van der Waals surface area contributed by atoms with Crippen molar-refractivity contribution < 1.29 is 53.9 Å². The number of aliphatic hydroxyl groups excluding tert-OH is 6. The molecule has 1 rings (SSSR count). The quantitative estimate of drug-likeness (QED) is 0.0245. The molecule has 0 heterocycles. The summed E-state index contributed by atoms with van der Waals surface area (Å²) in [6.07, 6.45) is 15.9. The fraction of sp³-hybridized carbons (Fsp3) is 0.919. The van der Waals surface area contributed by atoms with Crippen LogP contribution in [0.5, 0.6) is 0 Å². The second-order valence-electron chi connectivity index (χ2n) is 14.1. The summed E-state index contributed by atoms with van der Waals surface area (Å²) in [5, 5.41) is 63.6. The van der Waals surface area contributed by atoms with E-state index in [0.717, 1.165) is 44.9 Å². The summed E-state index contributed by atoms with van der Waals surface area (Å²) in [7, 11) is -5.06. The van der Waals surface area contributed by atoms with E-state index in [2.05, 4.69) is 19.2 Å². The Morgan fingerprint density at radius 3 is 1.52 bits per heavy atom. The van der Waals surface area contributed by atoms with Gasteiger partial charge in [0.1, 0.15) is 36.6 Å². The molecule has 1 fully saturated rings. The number of rotatable bonds is 31. The Hall–Kier alpha value is -0.920. The van der Waals surface area contributed by atoms with Gasteiger partial charge in [0, 0.05) is 6.42 Å². The Morgan fingerprint density at radius 2 is 1.06 bits per heavy atom. The van der Waals surface area contributed by atoms with E-state index in [-0.39, 0.29) is 12.3 Å². The van der Waals surface area contributed by atoms with Crippen LogP contribution in [-0.2, 0) is 18.4 Å². The molecule has 0 bridgehead atoms. The summed E-state index contributed by atoms with van der Waals surface area (Å²) in [5.41, 5.74) is 0. The van der Waals surface area contributed by atoms with Crippen molar-refractivity contribution >= 4 is 13.7 Å².